The number of hydrogen-bond donors (Lipinski definition) is 0. The Hall–Kier alpha value is -2.54. The first-order valence-corrected chi connectivity index (χ1v) is 5.38. The Kier molecular flexibility index (Phi) is 3.67. The molecule has 0 fully saturated rings. The highest BCUT2D eigenvalue weighted by Crippen LogP contribution is 2.26. The van der Waals surface area contributed by atoms with Crippen LogP contribution in [-0.4, -0.2) is 21.4 Å². The highest BCUT2D eigenvalue weighted by Gasteiger charge is 2.12. The number of halogens is 1. The summed E-state index contributed by atoms with van der Waals surface area (Å²) in [5.41, 5.74) is -0.150. The van der Waals surface area contributed by atoms with Gasteiger partial charge in [0.2, 0.25) is 5.88 Å². The Morgan fingerprint density at radius 1 is 1.26 bits per heavy atom. The van der Waals surface area contributed by atoms with E-state index in [0.717, 1.165) is 6.07 Å². The first-order chi connectivity index (χ1) is 9.10. The van der Waals surface area contributed by atoms with Crippen LogP contribution in [0.15, 0.2) is 30.3 Å². The summed E-state index contributed by atoms with van der Waals surface area (Å²) in [4.78, 5) is 20.9. The van der Waals surface area contributed by atoms with Crippen molar-refractivity contribution in [1.82, 2.24) is 10.2 Å². The van der Waals surface area contributed by atoms with Crippen LogP contribution in [0.4, 0.5) is 5.69 Å². The summed E-state index contributed by atoms with van der Waals surface area (Å²) < 4.78 is 5.30. The third-order valence-corrected chi connectivity index (χ3v) is 2.35. The molecule has 0 bridgehead atoms. The van der Waals surface area contributed by atoms with Crippen molar-refractivity contribution in [3.05, 3.63) is 51.2 Å². The Morgan fingerprint density at radius 2 is 2.05 bits per heavy atom. The first-order valence-electron chi connectivity index (χ1n) is 5.01. The summed E-state index contributed by atoms with van der Waals surface area (Å²) in [6.07, 6.45) is 0.464. The topological polar surface area (TPSA) is 95.2 Å². The Bertz CT molecular complexity index is 630. The molecule has 0 spiro atoms. The van der Waals surface area contributed by atoms with Crippen molar-refractivity contribution in [2.45, 2.75) is 0 Å². The van der Waals surface area contributed by atoms with E-state index in [4.69, 9.17) is 16.3 Å². The predicted molar refractivity (Wildman–Crippen MR) is 65.6 cm³/mol. The van der Waals surface area contributed by atoms with Crippen LogP contribution >= 0.6 is 11.6 Å². The summed E-state index contributed by atoms with van der Waals surface area (Å²) in [6, 6.07) is 6.59. The summed E-state index contributed by atoms with van der Waals surface area (Å²) in [7, 11) is 0. The number of nitro benzene ring substituents is 1. The zero-order valence-electron chi connectivity index (χ0n) is 9.32. The van der Waals surface area contributed by atoms with Gasteiger partial charge in [-0.2, -0.15) is 0 Å². The lowest BCUT2D eigenvalue weighted by atomic mass is 10.2. The van der Waals surface area contributed by atoms with Crippen molar-refractivity contribution in [3.63, 3.8) is 0 Å². The number of nitro groups is 1. The Balaban J connectivity index is 2.32. The minimum absolute atomic E-state index is 0.0472. The molecule has 1 heterocycles. The van der Waals surface area contributed by atoms with Gasteiger partial charge in [-0.05, 0) is 12.1 Å². The molecule has 8 heteroatoms. The fourth-order valence-electron chi connectivity index (χ4n) is 1.31. The minimum atomic E-state index is -0.598. The second-order valence-electron chi connectivity index (χ2n) is 3.39. The van der Waals surface area contributed by atoms with Crippen LogP contribution in [0.3, 0.4) is 0 Å². The van der Waals surface area contributed by atoms with E-state index in [1.54, 1.807) is 0 Å². The van der Waals surface area contributed by atoms with Crippen LogP contribution in [-0.2, 0) is 0 Å². The third kappa shape index (κ3) is 3.02. The smallest absolute Gasteiger partial charge is 0.270 e. The Morgan fingerprint density at radius 3 is 2.63 bits per heavy atom. The van der Waals surface area contributed by atoms with E-state index in [1.165, 1.54) is 24.3 Å². The highest BCUT2D eigenvalue weighted by atomic mass is 35.5. The first kappa shape index (κ1) is 12.9. The molecule has 0 aliphatic carbocycles. The maximum Gasteiger partial charge on any atom is 0.270 e. The molecule has 19 heavy (non-hydrogen) atoms. The van der Waals surface area contributed by atoms with Gasteiger partial charge in [0.1, 0.15) is 5.75 Å². The molecule has 1 aromatic heterocycles. The van der Waals surface area contributed by atoms with E-state index in [0.29, 0.717) is 6.29 Å². The summed E-state index contributed by atoms with van der Waals surface area (Å²) in [6.45, 7) is 0. The van der Waals surface area contributed by atoms with Crippen molar-refractivity contribution in [2.24, 2.45) is 0 Å². The molecular weight excluding hydrogens is 274 g/mol. The monoisotopic (exact) mass is 279 g/mol. The average molecular weight is 280 g/mol. The maximum absolute atomic E-state index is 10.9. The normalized spacial score (nSPS) is 9.95. The van der Waals surface area contributed by atoms with Gasteiger partial charge >= 0.3 is 0 Å². The van der Waals surface area contributed by atoms with Crippen molar-refractivity contribution in [1.29, 1.82) is 0 Å². The molecule has 0 atom stereocenters. The van der Waals surface area contributed by atoms with E-state index < -0.39 is 4.92 Å². The fraction of sp³-hybridized carbons (Fsp3) is 0. The average Bonchev–Trinajstić information content (AvgIpc) is 2.41. The van der Waals surface area contributed by atoms with Gasteiger partial charge in [-0.15, -0.1) is 10.2 Å². The molecule has 0 radical (unpaired) electrons. The van der Waals surface area contributed by atoms with E-state index in [-0.39, 0.29) is 28.0 Å². The molecular formula is C11H6ClN3O4. The van der Waals surface area contributed by atoms with Gasteiger partial charge in [-0.1, -0.05) is 11.6 Å². The van der Waals surface area contributed by atoms with E-state index in [9.17, 15) is 14.9 Å². The Labute approximate surface area is 111 Å². The van der Waals surface area contributed by atoms with E-state index in [2.05, 4.69) is 10.2 Å². The second kappa shape index (κ2) is 5.40. The summed E-state index contributed by atoms with van der Waals surface area (Å²) in [5.74, 6) is 0.276. The number of non-ortho nitro benzene ring substituents is 1. The van der Waals surface area contributed by atoms with Gasteiger partial charge in [0.15, 0.2) is 11.4 Å². The van der Waals surface area contributed by atoms with Crippen LogP contribution in [0.25, 0.3) is 0 Å². The molecule has 96 valence electrons. The van der Waals surface area contributed by atoms with E-state index in [1.807, 2.05) is 0 Å². The quantitative estimate of drug-likeness (QED) is 0.485. The zero-order valence-corrected chi connectivity index (χ0v) is 10.1. The molecule has 0 unspecified atom stereocenters. The number of rotatable bonds is 4. The van der Waals surface area contributed by atoms with Crippen LogP contribution < -0.4 is 4.74 Å². The lowest BCUT2D eigenvalue weighted by Gasteiger charge is -2.05. The summed E-state index contributed by atoms with van der Waals surface area (Å²) >= 11 is 5.57. The third-order valence-electron chi connectivity index (χ3n) is 2.15. The molecule has 2 rings (SSSR count). The fourth-order valence-corrected chi connectivity index (χ4v) is 1.41. The van der Waals surface area contributed by atoms with Crippen molar-refractivity contribution < 1.29 is 14.5 Å². The summed E-state index contributed by atoms with van der Waals surface area (Å²) in [5, 5.41) is 18.0. The van der Waals surface area contributed by atoms with Crippen LogP contribution in [0.5, 0.6) is 11.6 Å². The van der Waals surface area contributed by atoms with Crippen molar-refractivity contribution >= 4 is 23.6 Å². The van der Waals surface area contributed by atoms with Crippen LogP contribution in [0, 0.1) is 10.1 Å². The zero-order chi connectivity index (χ0) is 13.8. The molecule has 0 N–H and O–H groups in total. The van der Waals surface area contributed by atoms with Gasteiger partial charge in [-0.3, -0.25) is 14.9 Å². The lowest BCUT2D eigenvalue weighted by molar-refractivity contribution is -0.384. The van der Waals surface area contributed by atoms with Crippen molar-refractivity contribution in [2.75, 3.05) is 0 Å². The van der Waals surface area contributed by atoms with Gasteiger partial charge in [0, 0.05) is 18.2 Å². The number of ether oxygens (including phenoxy) is 1. The van der Waals surface area contributed by atoms with Gasteiger partial charge in [0.05, 0.1) is 10.5 Å². The SMILES string of the molecule is O=Cc1cc([N+](=O)[O-])ccc1Oc1ccc(Cl)nn1. The highest BCUT2D eigenvalue weighted by molar-refractivity contribution is 6.29. The lowest BCUT2D eigenvalue weighted by Crippen LogP contribution is -1.96. The van der Waals surface area contributed by atoms with E-state index >= 15 is 0 Å². The van der Waals surface area contributed by atoms with Gasteiger partial charge in [-0.25, -0.2) is 0 Å². The molecule has 7 nitrogen and oxygen atoms in total. The standard InChI is InChI=1S/C11H6ClN3O4/c12-10-3-4-11(14-13-10)19-9-2-1-8(15(17)18)5-7(9)6-16/h1-6H. The van der Waals surface area contributed by atoms with Gasteiger partial charge in [0.25, 0.3) is 5.69 Å². The van der Waals surface area contributed by atoms with Crippen molar-refractivity contribution in [3.8, 4) is 11.6 Å². The largest absolute Gasteiger partial charge is 0.437 e. The molecule has 0 aliphatic heterocycles. The second-order valence-corrected chi connectivity index (χ2v) is 3.78. The molecule has 0 amide bonds. The molecule has 0 saturated carbocycles. The molecule has 1 aromatic carbocycles. The number of carbonyl (C=O) groups is 1. The van der Waals surface area contributed by atoms with Crippen LogP contribution in [0.1, 0.15) is 10.4 Å². The number of aromatic nitrogens is 2. The predicted octanol–water partition coefficient (Wildman–Crippen LogP) is 2.64. The molecule has 0 aliphatic rings. The number of nitrogens with zero attached hydrogens (tertiary/aromatic N) is 3. The van der Waals surface area contributed by atoms with Crippen LogP contribution in [0.2, 0.25) is 5.15 Å². The van der Waals surface area contributed by atoms with Gasteiger partial charge < -0.3 is 4.74 Å². The minimum Gasteiger partial charge on any atom is -0.437 e. The number of benzene rings is 1. The number of aldehydes is 1. The molecule has 2 aromatic rings. The number of hydrogen-bond acceptors (Lipinski definition) is 6. The molecule has 0 saturated heterocycles. The number of carbonyl (C=O) groups excluding carboxylic acids is 1. The maximum atomic E-state index is 10.9.